The molecule has 1 N–H and O–H groups in total. The van der Waals surface area contributed by atoms with Gasteiger partial charge in [-0.25, -0.2) is 4.79 Å². The van der Waals surface area contributed by atoms with Crippen LogP contribution >= 0.6 is 0 Å². The molecule has 0 spiro atoms. The van der Waals surface area contributed by atoms with E-state index in [2.05, 4.69) is 4.98 Å². The van der Waals surface area contributed by atoms with Gasteiger partial charge in [-0.15, -0.1) is 0 Å². The fourth-order valence-corrected chi connectivity index (χ4v) is 2.15. The fourth-order valence-electron chi connectivity index (χ4n) is 2.15. The first-order chi connectivity index (χ1) is 9.65. The van der Waals surface area contributed by atoms with E-state index in [4.69, 9.17) is 14.6 Å². The Morgan fingerprint density at radius 1 is 1.15 bits per heavy atom. The molecule has 102 valence electrons. The van der Waals surface area contributed by atoms with Gasteiger partial charge in [0.15, 0.2) is 11.5 Å². The topological polar surface area (TPSA) is 68.7 Å². The van der Waals surface area contributed by atoms with Crippen LogP contribution in [0.25, 0.3) is 11.3 Å². The summed E-state index contributed by atoms with van der Waals surface area (Å²) in [5, 5.41) is 9.01. The molecule has 5 nitrogen and oxygen atoms in total. The van der Waals surface area contributed by atoms with Gasteiger partial charge < -0.3 is 14.6 Å². The Balaban J connectivity index is 2.01. The smallest absolute Gasteiger partial charge is 0.337 e. The fraction of sp³-hybridized carbons (Fsp3) is 0.200. The van der Waals surface area contributed by atoms with Gasteiger partial charge in [0, 0.05) is 5.56 Å². The highest BCUT2D eigenvalue weighted by Gasteiger charge is 2.14. The SMILES string of the molecule is Cc1nc(-c2ccc3c(c2)OCCO3)ccc1C(=O)O. The van der Waals surface area contributed by atoms with Crippen molar-refractivity contribution in [3.05, 3.63) is 41.6 Å². The highest BCUT2D eigenvalue weighted by atomic mass is 16.6. The molecular formula is C15H13NO4. The molecule has 2 aromatic rings. The third-order valence-corrected chi connectivity index (χ3v) is 3.15. The van der Waals surface area contributed by atoms with Crippen LogP contribution in [0.5, 0.6) is 11.5 Å². The zero-order valence-electron chi connectivity index (χ0n) is 10.9. The lowest BCUT2D eigenvalue weighted by Gasteiger charge is -2.18. The maximum atomic E-state index is 11.0. The van der Waals surface area contributed by atoms with Gasteiger partial charge in [0.05, 0.1) is 17.0 Å². The summed E-state index contributed by atoms with van der Waals surface area (Å²) in [7, 11) is 0. The maximum absolute atomic E-state index is 11.0. The van der Waals surface area contributed by atoms with Crippen LogP contribution in [-0.2, 0) is 0 Å². The average molecular weight is 271 g/mol. The summed E-state index contributed by atoms with van der Waals surface area (Å²) < 4.78 is 11.0. The molecule has 1 aliphatic rings. The zero-order chi connectivity index (χ0) is 14.1. The molecule has 0 saturated heterocycles. The molecule has 0 amide bonds. The Kier molecular flexibility index (Phi) is 3.02. The molecule has 5 heteroatoms. The van der Waals surface area contributed by atoms with Crippen molar-refractivity contribution in [2.45, 2.75) is 6.92 Å². The average Bonchev–Trinajstić information content (AvgIpc) is 2.46. The number of nitrogens with zero attached hydrogens (tertiary/aromatic N) is 1. The van der Waals surface area contributed by atoms with Gasteiger partial charge in [-0.05, 0) is 37.3 Å². The largest absolute Gasteiger partial charge is 0.486 e. The van der Waals surface area contributed by atoms with Crippen molar-refractivity contribution in [2.75, 3.05) is 13.2 Å². The van der Waals surface area contributed by atoms with Gasteiger partial charge in [0.2, 0.25) is 0 Å². The molecule has 1 aliphatic heterocycles. The van der Waals surface area contributed by atoms with E-state index in [-0.39, 0.29) is 5.56 Å². The van der Waals surface area contributed by atoms with Crippen molar-refractivity contribution in [1.29, 1.82) is 0 Å². The second kappa shape index (κ2) is 4.85. The molecule has 3 rings (SSSR count). The number of rotatable bonds is 2. The van der Waals surface area contributed by atoms with Crippen LogP contribution in [0.4, 0.5) is 0 Å². The Labute approximate surface area is 115 Å². The normalized spacial score (nSPS) is 13.1. The van der Waals surface area contributed by atoms with Crippen LogP contribution in [0.3, 0.4) is 0 Å². The number of carboxylic acids is 1. The first kappa shape index (κ1) is 12.5. The second-order valence-electron chi connectivity index (χ2n) is 4.49. The van der Waals surface area contributed by atoms with E-state index in [9.17, 15) is 4.79 Å². The van der Waals surface area contributed by atoms with Gasteiger partial charge in [0.1, 0.15) is 13.2 Å². The van der Waals surface area contributed by atoms with Crippen molar-refractivity contribution in [1.82, 2.24) is 4.98 Å². The Bertz CT molecular complexity index is 682. The van der Waals surface area contributed by atoms with Crippen molar-refractivity contribution >= 4 is 5.97 Å². The summed E-state index contributed by atoms with van der Waals surface area (Å²) in [6, 6.07) is 8.84. The first-order valence-electron chi connectivity index (χ1n) is 6.26. The number of fused-ring (bicyclic) bond motifs is 1. The Morgan fingerprint density at radius 3 is 2.60 bits per heavy atom. The predicted octanol–water partition coefficient (Wildman–Crippen LogP) is 2.53. The number of carbonyl (C=O) groups is 1. The van der Waals surface area contributed by atoms with Gasteiger partial charge in [-0.1, -0.05) is 0 Å². The van der Waals surface area contributed by atoms with Gasteiger partial charge in [0.25, 0.3) is 0 Å². The van der Waals surface area contributed by atoms with Crippen molar-refractivity contribution in [3.8, 4) is 22.8 Å². The van der Waals surface area contributed by atoms with Gasteiger partial charge in [-0.3, -0.25) is 4.98 Å². The van der Waals surface area contributed by atoms with Crippen LogP contribution in [0, 0.1) is 6.92 Å². The summed E-state index contributed by atoms with van der Waals surface area (Å²) in [5.74, 6) is 0.443. The van der Waals surface area contributed by atoms with E-state index in [0.29, 0.717) is 30.4 Å². The number of pyridine rings is 1. The van der Waals surface area contributed by atoms with E-state index in [1.54, 1.807) is 19.1 Å². The number of hydrogen-bond donors (Lipinski definition) is 1. The lowest BCUT2D eigenvalue weighted by atomic mass is 10.1. The highest BCUT2D eigenvalue weighted by molar-refractivity contribution is 5.89. The molecule has 2 heterocycles. The lowest BCUT2D eigenvalue weighted by Crippen LogP contribution is -2.15. The summed E-state index contributed by atoms with van der Waals surface area (Å²) in [4.78, 5) is 15.3. The molecule has 0 atom stereocenters. The van der Waals surface area contributed by atoms with Crippen molar-refractivity contribution in [3.63, 3.8) is 0 Å². The summed E-state index contributed by atoms with van der Waals surface area (Å²) in [5.41, 5.74) is 2.29. The van der Waals surface area contributed by atoms with E-state index in [1.165, 1.54) is 0 Å². The third kappa shape index (κ3) is 2.18. The molecule has 1 aromatic carbocycles. The minimum atomic E-state index is -0.969. The molecule has 0 radical (unpaired) electrons. The second-order valence-corrected chi connectivity index (χ2v) is 4.49. The van der Waals surface area contributed by atoms with Crippen molar-refractivity contribution < 1.29 is 19.4 Å². The monoisotopic (exact) mass is 271 g/mol. The van der Waals surface area contributed by atoms with Gasteiger partial charge >= 0.3 is 5.97 Å². The van der Waals surface area contributed by atoms with Crippen LogP contribution in [0.2, 0.25) is 0 Å². The molecule has 0 saturated carbocycles. The standard InChI is InChI=1S/C15H13NO4/c1-9-11(15(17)18)3-4-12(16-9)10-2-5-13-14(8-10)20-7-6-19-13/h2-5,8H,6-7H2,1H3,(H,17,18). The lowest BCUT2D eigenvalue weighted by molar-refractivity contribution is 0.0695. The molecule has 0 aliphatic carbocycles. The minimum absolute atomic E-state index is 0.214. The van der Waals surface area contributed by atoms with E-state index >= 15 is 0 Å². The minimum Gasteiger partial charge on any atom is -0.486 e. The summed E-state index contributed by atoms with van der Waals surface area (Å²) in [6.07, 6.45) is 0. The summed E-state index contributed by atoms with van der Waals surface area (Å²) >= 11 is 0. The quantitative estimate of drug-likeness (QED) is 0.909. The zero-order valence-corrected chi connectivity index (χ0v) is 10.9. The van der Waals surface area contributed by atoms with Crippen LogP contribution in [0.1, 0.15) is 16.1 Å². The number of ether oxygens (including phenoxy) is 2. The molecule has 0 fully saturated rings. The molecular weight excluding hydrogens is 258 g/mol. The number of carboxylic acid groups (broad SMARTS) is 1. The van der Waals surface area contributed by atoms with Crippen LogP contribution in [-0.4, -0.2) is 29.3 Å². The number of benzene rings is 1. The first-order valence-corrected chi connectivity index (χ1v) is 6.26. The van der Waals surface area contributed by atoms with E-state index in [0.717, 1.165) is 11.3 Å². The maximum Gasteiger partial charge on any atom is 0.337 e. The molecule has 0 unspecified atom stereocenters. The van der Waals surface area contributed by atoms with E-state index < -0.39 is 5.97 Å². The number of aromatic nitrogens is 1. The molecule has 20 heavy (non-hydrogen) atoms. The number of aromatic carboxylic acids is 1. The van der Waals surface area contributed by atoms with Crippen molar-refractivity contribution in [2.24, 2.45) is 0 Å². The Morgan fingerprint density at radius 2 is 1.90 bits per heavy atom. The third-order valence-electron chi connectivity index (χ3n) is 3.15. The number of hydrogen-bond acceptors (Lipinski definition) is 4. The van der Waals surface area contributed by atoms with Gasteiger partial charge in [-0.2, -0.15) is 0 Å². The summed E-state index contributed by atoms with van der Waals surface area (Å²) in [6.45, 7) is 2.77. The van der Waals surface area contributed by atoms with Crippen LogP contribution < -0.4 is 9.47 Å². The predicted molar refractivity (Wildman–Crippen MR) is 72.4 cm³/mol. The molecule has 1 aromatic heterocycles. The van der Waals surface area contributed by atoms with E-state index in [1.807, 2.05) is 18.2 Å². The number of aryl methyl sites for hydroxylation is 1. The molecule has 0 bridgehead atoms. The Hall–Kier alpha value is -2.56. The highest BCUT2D eigenvalue weighted by Crippen LogP contribution is 2.34. The van der Waals surface area contributed by atoms with Crippen LogP contribution in [0.15, 0.2) is 30.3 Å².